The number of hydrogen-bond acceptors (Lipinski definition) is 6. The van der Waals surface area contributed by atoms with Crippen molar-refractivity contribution in [1.29, 1.82) is 0 Å². The van der Waals surface area contributed by atoms with Gasteiger partial charge in [-0.05, 0) is 83.5 Å². The van der Waals surface area contributed by atoms with Gasteiger partial charge in [0.15, 0.2) is 6.10 Å². The quantitative estimate of drug-likeness (QED) is 0.0261. The molecule has 0 aromatic rings. The summed E-state index contributed by atoms with van der Waals surface area (Å²) in [5.74, 6) is -0.874. The molecule has 0 saturated carbocycles. The monoisotopic (exact) mass is 1060 g/mol. The molecule has 442 valence electrons. The molecule has 0 spiro atoms. The fraction of sp³-hybridized carbons (Fsp3) is 0.814. The normalized spacial score (nSPS) is 12.4. The van der Waals surface area contributed by atoms with Gasteiger partial charge in [-0.2, -0.15) is 0 Å². The maximum atomic E-state index is 12.9. The Bertz CT molecular complexity index is 1360. The first-order valence-corrected chi connectivity index (χ1v) is 33.3. The van der Waals surface area contributed by atoms with Crippen LogP contribution in [0.4, 0.5) is 0 Å². The summed E-state index contributed by atoms with van der Waals surface area (Å²) in [6.07, 6.45) is 82.5. The Morgan fingerprint density at radius 1 is 0.276 bits per heavy atom. The van der Waals surface area contributed by atoms with Crippen molar-refractivity contribution >= 4 is 17.9 Å². The molecule has 0 heterocycles. The molecule has 1 unspecified atom stereocenters. The Balaban J connectivity index is 4.16. The molecule has 0 amide bonds. The van der Waals surface area contributed by atoms with E-state index < -0.39 is 6.10 Å². The Kier molecular flexibility index (Phi) is 62.2. The van der Waals surface area contributed by atoms with Crippen LogP contribution in [-0.4, -0.2) is 37.2 Å². The zero-order chi connectivity index (χ0) is 55.0. The summed E-state index contributed by atoms with van der Waals surface area (Å²) in [6.45, 7) is 6.55. The predicted octanol–water partition coefficient (Wildman–Crippen LogP) is 22.7. The van der Waals surface area contributed by atoms with Crippen molar-refractivity contribution in [3.63, 3.8) is 0 Å². The highest BCUT2D eigenvalue weighted by atomic mass is 16.6. The lowest BCUT2D eigenvalue weighted by molar-refractivity contribution is -0.167. The van der Waals surface area contributed by atoms with E-state index in [1.54, 1.807) is 0 Å². The lowest BCUT2D eigenvalue weighted by atomic mass is 10.0. The van der Waals surface area contributed by atoms with E-state index in [4.69, 9.17) is 14.2 Å². The molecule has 0 bridgehead atoms. The van der Waals surface area contributed by atoms with Gasteiger partial charge in [0.25, 0.3) is 0 Å². The average Bonchev–Trinajstić information content (AvgIpc) is 3.42. The van der Waals surface area contributed by atoms with E-state index in [1.165, 1.54) is 212 Å². The van der Waals surface area contributed by atoms with E-state index in [1.807, 2.05) is 0 Å². The van der Waals surface area contributed by atoms with Crippen molar-refractivity contribution in [2.24, 2.45) is 0 Å². The van der Waals surface area contributed by atoms with Gasteiger partial charge in [-0.1, -0.05) is 306 Å². The van der Waals surface area contributed by atoms with E-state index in [0.29, 0.717) is 19.3 Å². The maximum Gasteiger partial charge on any atom is 0.306 e. The van der Waals surface area contributed by atoms with Gasteiger partial charge in [0.2, 0.25) is 0 Å². The number of rotatable bonds is 61. The van der Waals surface area contributed by atoms with Crippen molar-refractivity contribution < 1.29 is 28.6 Å². The molecule has 1 atom stereocenters. The van der Waals surface area contributed by atoms with Gasteiger partial charge in [-0.15, -0.1) is 0 Å². The Morgan fingerprint density at radius 2 is 0.513 bits per heavy atom. The SMILES string of the molecule is CC/C=C\C/C=C\C/C=C\C/C=C\CCCCCCCCC(=O)OC(COC(=O)CCCCCCCCCCCC)COC(=O)CCCCCCCCCCCCCCCCCCC/C=C\CCCCCCCCCC. The standard InChI is InChI=1S/C70H126O6/c1-4-7-10-13-16-19-22-24-26-28-30-31-32-33-34-35-36-37-38-39-41-42-44-46-48-51-54-57-60-63-69(72)75-66-67(65-74-68(71)62-59-56-53-50-21-18-15-12-9-6-3)76-70(73)64-61-58-55-52-49-47-45-43-40-29-27-25-23-20-17-14-11-8-5-2/h8,11,17,20,25,27-28,30,40,43,67H,4-7,9-10,12-16,18-19,21-24,26,29,31-39,41-42,44-66H2,1-3H3/b11-8-,20-17-,27-25-,30-28-,43-40-. The third-order valence-corrected chi connectivity index (χ3v) is 14.8. The lowest BCUT2D eigenvalue weighted by Crippen LogP contribution is -2.30. The zero-order valence-electron chi connectivity index (χ0n) is 50.8. The van der Waals surface area contributed by atoms with Crippen LogP contribution < -0.4 is 0 Å². The minimum atomic E-state index is -0.779. The molecule has 0 radical (unpaired) electrons. The fourth-order valence-corrected chi connectivity index (χ4v) is 9.79. The molecule has 6 heteroatoms. The van der Waals surface area contributed by atoms with Crippen LogP contribution in [0.3, 0.4) is 0 Å². The van der Waals surface area contributed by atoms with Crippen LogP contribution >= 0.6 is 0 Å². The van der Waals surface area contributed by atoms with Crippen LogP contribution in [0.5, 0.6) is 0 Å². The Hall–Kier alpha value is -2.89. The maximum absolute atomic E-state index is 12.9. The lowest BCUT2D eigenvalue weighted by Gasteiger charge is -2.18. The summed E-state index contributed by atoms with van der Waals surface area (Å²) >= 11 is 0. The molecule has 0 aliphatic carbocycles. The fourth-order valence-electron chi connectivity index (χ4n) is 9.79. The molecule has 0 aliphatic heterocycles. The molecule has 0 N–H and O–H groups in total. The summed E-state index contributed by atoms with van der Waals surface area (Å²) in [6, 6.07) is 0. The molecule has 0 aromatic heterocycles. The minimum Gasteiger partial charge on any atom is -0.462 e. The second-order valence-electron chi connectivity index (χ2n) is 22.4. The molecule has 0 aromatic carbocycles. The van der Waals surface area contributed by atoms with E-state index in [9.17, 15) is 14.4 Å². The van der Waals surface area contributed by atoms with Gasteiger partial charge >= 0.3 is 17.9 Å². The molecule has 6 nitrogen and oxygen atoms in total. The highest BCUT2D eigenvalue weighted by Gasteiger charge is 2.19. The minimum absolute atomic E-state index is 0.0763. The first-order chi connectivity index (χ1) is 37.5. The third-order valence-electron chi connectivity index (χ3n) is 14.8. The summed E-state index contributed by atoms with van der Waals surface area (Å²) in [4.78, 5) is 38.2. The molecule has 0 rings (SSSR count). The number of ether oxygens (including phenoxy) is 3. The van der Waals surface area contributed by atoms with Crippen LogP contribution in [0.2, 0.25) is 0 Å². The second-order valence-corrected chi connectivity index (χ2v) is 22.4. The number of allylic oxidation sites excluding steroid dienone is 10. The smallest absolute Gasteiger partial charge is 0.306 e. The van der Waals surface area contributed by atoms with Crippen LogP contribution in [0.1, 0.15) is 348 Å². The van der Waals surface area contributed by atoms with Gasteiger partial charge in [-0.25, -0.2) is 0 Å². The number of carbonyl (C=O) groups excluding carboxylic acids is 3. The summed E-state index contributed by atoms with van der Waals surface area (Å²) < 4.78 is 16.9. The summed E-state index contributed by atoms with van der Waals surface area (Å²) in [5, 5.41) is 0. The molecule has 76 heavy (non-hydrogen) atoms. The largest absolute Gasteiger partial charge is 0.462 e. The Morgan fingerprint density at radius 3 is 0.816 bits per heavy atom. The molecular formula is C70H126O6. The summed E-state index contributed by atoms with van der Waals surface area (Å²) in [7, 11) is 0. The van der Waals surface area contributed by atoms with Crippen molar-refractivity contribution in [2.75, 3.05) is 13.2 Å². The zero-order valence-corrected chi connectivity index (χ0v) is 50.8. The van der Waals surface area contributed by atoms with Gasteiger partial charge in [0, 0.05) is 19.3 Å². The number of carbonyl (C=O) groups is 3. The van der Waals surface area contributed by atoms with Gasteiger partial charge < -0.3 is 14.2 Å². The topological polar surface area (TPSA) is 78.9 Å². The molecule has 0 aliphatic rings. The van der Waals surface area contributed by atoms with Crippen LogP contribution in [0.15, 0.2) is 60.8 Å². The molecule has 0 saturated heterocycles. The van der Waals surface area contributed by atoms with Gasteiger partial charge in [-0.3, -0.25) is 14.4 Å². The van der Waals surface area contributed by atoms with E-state index in [-0.39, 0.29) is 31.1 Å². The van der Waals surface area contributed by atoms with Crippen LogP contribution in [0.25, 0.3) is 0 Å². The van der Waals surface area contributed by atoms with Crippen molar-refractivity contribution in [3.8, 4) is 0 Å². The highest BCUT2D eigenvalue weighted by Crippen LogP contribution is 2.17. The molecule has 0 fully saturated rings. The predicted molar refractivity (Wildman–Crippen MR) is 330 cm³/mol. The summed E-state index contributed by atoms with van der Waals surface area (Å²) in [5.41, 5.74) is 0. The van der Waals surface area contributed by atoms with E-state index in [0.717, 1.165) is 96.3 Å². The highest BCUT2D eigenvalue weighted by molar-refractivity contribution is 5.71. The van der Waals surface area contributed by atoms with Crippen molar-refractivity contribution in [1.82, 2.24) is 0 Å². The van der Waals surface area contributed by atoms with E-state index >= 15 is 0 Å². The van der Waals surface area contributed by atoms with Gasteiger partial charge in [0.1, 0.15) is 13.2 Å². The van der Waals surface area contributed by atoms with Crippen molar-refractivity contribution in [2.45, 2.75) is 354 Å². The number of hydrogen-bond donors (Lipinski definition) is 0. The van der Waals surface area contributed by atoms with E-state index in [2.05, 4.69) is 81.5 Å². The first-order valence-electron chi connectivity index (χ1n) is 33.3. The van der Waals surface area contributed by atoms with Crippen LogP contribution in [-0.2, 0) is 28.6 Å². The number of unbranched alkanes of at least 4 members (excludes halogenated alkanes) is 40. The average molecular weight is 1060 g/mol. The Labute approximate surface area is 472 Å². The first kappa shape index (κ1) is 73.1. The van der Waals surface area contributed by atoms with Crippen molar-refractivity contribution in [3.05, 3.63) is 60.8 Å². The second kappa shape index (κ2) is 64.6. The van der Waals surface area contributed by atoms with Crippen LogP contribution in [0, 0.1) is 0 Å². The number of esters is 3. The van der Waals surface area contributed by atoms with Gasteiger partial charge in [0.05, 0.1) is 0 Å². The third kappa shape index (κ3) is 62.0. The molecular weight excluding hydrogens is 937 g/mol.